The first-order valence-corrected chi connectivity index (χ1v) is 7.13. The Morgan fingerprint density at radius 2 is 2.11 bits per heavy atom. The third-order valence-electron chi connectivity index (χ3n) is 3.03. The molecule has 1 saturated heterocycles. The Balaban J connectivity index is 2.20. The SMILES string of the molecule is O=C(O)CC1CSCCN1C(=O)c1ccccc1O. The lowest BCUT2D eigenvalue weighted by molar-refractivity contribution is -0.138. The summed E-state index contributed by atoms with van der Waals surface area (Å²) >= 11 is 1.65. The molecule has 6 heteroatoms. The van der Waals surface area contributed by atoms with Crippen LogP contribution in [0, 0.1) is 0 Å². The molecule has 5 nitrogen and oxygen atoms in total. The van der Waals surface area contributed by atoms with Crippen LogP contribution in [0.2, 0.25) is 0 Å². The summed E-state index contributed by atoms with van der Waals surface area (Å²) in [7, 11) is 0. The van der Waals surface area contributed by atoms with Crippen molar-refractivity contribution in [2.75, 3.05) is 18.1 Å². The average molecular weight is 281 g/mol. The Bertz CT molecular complexity index is 491. The summed E-state index contributed by atoms with van der Waals surface area (Å²) in [5.41, 5.74) is 0.227. The van der Waals surface area contributed by atoms with Crippen molar-refractivity contribution < 1.29 is 19.8 Å². The number of rotatable bonds is 3. The van der Waals surface area contributed by atoms with Gasteiger partial charge in [0.15, 0.2) is 0 Å². The minimum Gasteiger partial charge on any atom is -0.507 e. The number of hydrogen-bond donors (Lipinski definition) is 2. The molecule has 0 bridgehead atoms. The van der Waals surface area contributed by atoms with Gasteiger partial charge in [0.1, 0.15) is 5.75 Å². The minimum absolute atomic E-state index is 0.0632. The standard InChI is InChI=1S/C13H15NO4S/c15-11-4-2-1-3-10(11)13(18)14-5-6-19-8-9(14)7-12(16)17/h1-4,9,15H,5-8H2,(H,16,17). The largest absolute Gasteiger partial charge is 0.507 e. The summed E-state index contributed by atoms with van der Waals surface area (Å²) in [6, 6.07) is 6.02. The molecule has 19 heavy (non-hydrogen) atoms. The van der Waals surface area contributed by atoms with Crippen molar-refractivity contribution >= 4 is 23.6 Å². The van der Waals surface area contributed by atoms with Crippen LogP contribution in [0.15, 0.2) is 24.3 Å². The average Bonchev–Trinajstić information content (AvgIpc) is 2.38. The van der Waals surface area contributed by atoms with Crippen molar-refractivity contribution in [1.82, 2.24) is 4.90 Å². The van der Waals surface area contributed by atoms with Crippen molar-refractivity contribution in [3.63, 3.8) is 0 Å². The molecule has 1 aromatic carbocycles. The highest BCUT2D eigenvalue weighted by Gasteiger charge is 2.30. The van der Waals surface area contributed by atoms with E-state index in [0.717, 1.165) is 5.75 Å². The van der Waals surface area contributed by atoms with Gasteiger partial charge in [0.25, 0.3) is 5.91 Å². The number of aliphatic carboxylic acids is 1. The molecule has 0 spiro atoms. The summed E-state index contributed by atoms with van der Waals surface area (Å²) in [5.74, 6) is 0.119. The molecule has 2 rings (SSSR count). The molecule has 0 saturated carbocycles. The monoisotopic (exact) mass is 281 g/mol. The van der Waals surface area contributed by atoms with E-state index in [1.807, 2.05) is 0 Å². The van der Waals surface area contributed by atoms with E-state index in [9.17, 15) is 14.7 Å². The van der Waals surface area contributed by atoms with Crippen LogP contribution in [0.4, 0.5) is 0 Å². The molecule has 0 aliphatic carbocycles. The maximum Gasteiger partial charge on any atom is 0.305 e. The highest BCUT2D eigenvalue weighted by molar-refractivity contribution is 7.99. The fraction of sp³-hybridized carbons (Fsp3) is 0.385. The number of phenols is 1. The molecule has 1 aliphatic heterocycles. The molecule has 0 radical (unpaired) electrons. The van der Waals surface area contributed by atoms with Crippen LogP contribution in [0.3, 0.4) is 0 Å². The Morgan fingerprint density at radius 3 is 2.79 bits per heavy atom. The second-order valence-corrected chi connectivity index (χ2v) is 5.49. The number of carbonyl (C=O) groups excluding carboxylic acids is 1. The zero-order valence-corrected chi connectivity index (χ0v) is 11.1. The maximum atomic E-state index is 12.4. The molecule has 1 amide bonds. The smallest absolute Gasteiger partial charge is 0.305 e. The number of amides is 1. The van der Waals surface area contributed by atoms with Gasteiger partial charge in [-0.1, -0.05) is 12.1 Å². The zero-order valence-electron chi connectivity index (χ0n) is 10.3. The highest BCUT2D eigenvalue weighted by atomic mass is 32.2. The first-order chi connectivity index (χ1) is 9.09. The molecule has 1 unspecified atom stereocenters. The van der Waals surface area contributed by atoms with Gasteiger partial charge in [-0.25, -0.2) is 0 Å². The number of carboxylic acids is 1. The molecule has 1 fully saturated rings. The van der Waals surface area contributed by atoms with E-state index in [0.29, 0.717) is 12.3 Å². The van der Waals surface area contributed by atoms with Crippen LogP contribution in [-0.2, 0) is 4.79 Å². The molecule has 1 atom stereocenters. The van der Waals surface area contributed by atoms with Crippen LogP contribution < -0.4 is 0 Å². The van der Waals surface area contributed by atoms with E-state index < -0.39 is 5.97 Å². The summed E-state index contributed by atoms with van der Waals surface area (Å²) < 4.78 is 0. The van der Waals surface area contributed by atoms with Gasteiger partial charge >= 0.3 is 5.97 Å². The van der Waals surface area contributed by atoms with E-state index in [1.54, 1.807) is 34.9 Å². The first-order valence-electron chi connectivity index (χ1n) is 5.98. The van der Waals surface area contributed by atoms with Gasteiger partial charge in [0.05, 0.1) is 18.0 Å². The van der Waals surface area contributed by atoms with Gasteiger partial charge < -0.3 is 15.1 Å². The van der Waals surface area contributed by atoms with Crippen LogP contribution in [-0.4, -0.2) is 51.1 Å². The van der Waals surface area contributed by atoms with Crippen molar-refractivity contribution in [2.24, 2.45) is 0 Å². The van der Waals surface area contributed by atoms with Crippen molar-refractivity contribution in [1.29, 1.82) is 0 Å². The zero-order chi connectivity index (χ0) is 13.8. The predicted molar refractivity (Wildman–Crippen MR) is 72.5 cm³/mol. The lowest BCUT2D eigenvalue weighted by Gasteiger charge is -2.34. The van der Waals surface area contributed by atoms with E-state index in [1.165, 1.54) is 6.07 Å². The van der Waals surface area contributed by atoms with Crippen LogP contribution >= 0.6 is 11.8 Å². The molecule has 2 N–H and O–H groups in total. The number of para-hydroxylation sites is 1. The molecule has 0 aromatic heterocycles. The van der Waals surface area contributed by atoms with Gasteiger partial charge in [-0.05, 0) is 12.1 Å². The predicted octanol–water partition coefficient (Wildman–Crippen LogP) is 1.42. The fourth-order valence-electron chi connectivity index (χ4n) is 2.10. The lowest BCUT2D eigenvalue weighted by atomic mass is 10.1. The Hall–Kier alpha value is -1.69. The topological polar surface area (TPSA) is 77.8 Å². The molecule has 102 valence electrons. The number of hydrogen-bond acceptors (Lipinski definition) is 4. The number of benzene rings is 1. The van der Waals surface area contributed by atoms with Crippen LogP contribution in [0.5, 0.6) is 5.75 Å². The molecular weight excluding hydrogens is 266 g/mol. The van der Waals surface area contributed by atoms with E-state index in [-0.39, 0.29) is 29.7 Å². The third kappa shape index (κ3) is 3.20. The number of thioether (sulfide) groups is 1. The summed E-state index contributed by atoms with van der Waals surface area (Å²) in [4.78, 5) is 24.8. The summed E-state index contributed by atoms with van der Waals surface area (Å²) in [5, 5.41) is 18.6. The number of aromatic hydroxyl groups is 1. The van der Waals surface area contributed by atoms with Gasteiger partial charge in [0, 0.05) is 18.1 Å². The van der Waals surface area contributed by atoms with Crippen molar-refractivity contribution in [3.05, 3.63) is 29.8 Å². The quantitative estimate of drug-likeness (QED) is 0.876. The molecule has 1 aliphatic rings. The normalized spacial score (nSPS) is 19.2. The Morgan fingerprint density at radius 1 is 1.37 bits per heavy atom. The van der Waals surface area contributed by atoms with Crippen molar-refractivity contribution in [3.8, 4) is 5.75 Å². The number of carboxylic acid groups (broad SMARTS) is 1. The Kier molecular flexibility index (Phi) is 4.31. The van der Waals surface area contributed by atoms with E-state index in [4.69, 9.17) is 5.11 Å². The second kappa shape index (κ2) is 5.97. The number of nitrogens with zero attached hydrogens (tertiary/aromatic N) is 1. The van der Waals surface area contributed by atoms with E-state index in [2.05, 4.69) is 0 Å². The third-order valence-corrected chi connectivity index (χ3v) is 4.12. The Labute approximate surface area is 115 Å². The highest BCUT2D eigenvalue weighted by Crippen LogP contribution is 2.24. The van der Waals surface area contributed by atoms with Gasteiger partial charge in [-0.15, -0.1) is 0 Å². The lowest BCUT2D eigenvalue weighted by Crippen LogP contribution is -2.47. The molecule has 1 heterocycles. The minimum atomic E-state index is -0.914. The molecular formula is C13H15NO4S. The van der Waals surface area contributed by atoms with Crippen LogP contribution in [0.1, 0.15) is 16.8 Å². The van der Waals surface area contributed by atoms with Gasteiger partial charge in [-0.3, -0.25) is 9.59 Å². The second-order valence-electron chi connectivity index (χ2n) is 4.34. The fourth-order valence-corrected chi connectivity index (χ4v) is 3.16. The van der Waals surface area contributed by atoms with Gasteiger partial charge in [0.2, 0.25) is 0 Å². The summed E-state index contributed by atoms with van der Waals surface area (Å²) in [6.07, 6.45) is -0.0632. The summed E-state index contributed by atoms with van der Waals surface area (Å²) in [6.45, 7) is 0.510. The van der Waals surface area contributed by atoms with Crippen molar-refractivity contribution in [2.45, 2.75) is 12.5 Å². The number of carbonyl (C=O) groups is 2. The van der Waals surface area contributed by atoms with Gasteiger partial charge in [-0.2, -0.15) is 11.8 Å². The molecule has 1 aromatic rings. The number of phenolic OH excluding ortho intramolecular Hbond substituents is 1. The maximum absolute atomic E-state index is 12.4. The van der Waals surface area contributed by atoms with E-state index >= 15 is 0 Å². The van der Waals surface area contributed by atoms with Crippen LogP contribution in [0.25, 0.3) is 0 Å². The first kappa shape index (κ1) is 13.7.